The number of rotatable bonds is 7. The van der Waals surface area contributed by atoms with Crippen LogP contribution in [0.3, 0.4) is 0 Å². The van der Waals surface area contributed by atoms with E-state index in [1.54, 1.807) is 30.3 Å². The Labute approximate surface area is 190 Å². The zero-order valence-electron chi connectivity index (χ0n) is 17.3. The number of benzene rings is 3. The Bertz CT molecular complexity index is 1270. The standard InChI is InChI=1S/C22H20ClN3O5S/c1-24(15-17-13-19(26(28)29)11-12-21(17)23)22(27)16-7-6-10-20(14-16)32(30,31)25(2)18-8-4-3-5-9-18/h3-14H,15H2,1-2H3. The van der Waals surface area contributed by atoms with E-state index in [0.717, 1.165) is 4.31 Å². The molecule has 3 rings (SSSR count). The second-order valence-electron chi connectivity index (χ2n) is 7.03. The van der Waals surface area contributed by atoms with E-state index in [9.17, 15) is 23.3 Å². The Hall–Kier alpha value is -3.43. The van der Waals surface area contributed by atoms with Crippen LogP contribution >= 0.6 is 11.6 Å². The van der Waals surface area contributed by atoms with Gasteiger partial charge in [-0.3, -0.25) is 19.2 Å². The summed E-state index contributed by atoms with van der Waals surface area (Å²) < 4.78 is 27.2. The van der Waals surface area contributed by atoms with Crippen LogP contribution in [0.15, 0.2) is 77.7 Å². The van der Waals surface area contributed by atoms with Crippen LogP contribution in [-0.4, -0.2) is 38.2 Å². The third-order valence-electron chi connectivity index (χ3n) is 4.85. The molecule has 0 atom stereocenters. The number of hydrogen-bond donors (Lipinski definition) is 0. The lowest BCUT2D eigenvalue weighted by Gasteiger charge is -2.21. The van der Waals surface area contributed by atoms with E-state index in [1.165, 1.54) is 61.5 Å². The highest BCUT2D eigenvalue weighted by Crippen LogP contribution is 2.25. The number of nitrogens with zero attached hydrogens (tertiary/aromatic N) is 3. The number of amides is 1. The lowest BCUT2D eigenvalue weighted by atomic mass is 10.1. The molecule has 0 heterocycles. The summed E-state index contributed by atoms with van der Waals surface area (Å²) in [5.74, 6) is -0.452. The molecule has 0 aliphatic carbocycles. The van der Waals surface area contributed by atoms with Crippen LogP contribution in [-0.2, 0) is 16.6 Å². The van der Waals surface area contributed by atoms with Crippen molar-refractivity contribution in [3.05, 3.63) is 99.1 Å². The second-order valence-corrected chi connectivity index (χ2v) is 9.41. The van der Waals surface area contributed by atoms with Gasteiger partial charge in [0.2, 0.25) is 0 Å². The van der Waals surface area contributed by atoms with E-state index in [0.29, 0.717) is 11.3 Å². The highest BCUT2D eigenvalue weighted by Gasteiger charge is 2.23. The first-order valence-electron chi connectivity index (χ1n) is 9.43. The molecule has 0 spiro atoms. The highest BCUT2D eigenvalue weighted by atomic mass is 35.5. The Balaban J connectivity index is 1.85. The van der Waals surface area contributed by atoms with E-state index >= 15 is 0 Å². The lowest BCUT2D eigenvalue weighted by Crippen LogP contribution is -2.28. The maximum Gasteiger partial charge on any atom is 0.269 e. The molecule has 8 nitrogen and oxygen atoms in total. The van der Waals surface area contributed by atoms with Crippen molar-refractivity contribution in [1.82, 2.24) is 4.90 Å². The van der Waals surface area contributed by atoms with Crippen LogP contribution in [0.1, 0.15) is 15.9 Å². The van der Waals surface area contributed by atoms with Gasteiger partial charge in [-0.15, -0.1) is 0 Å². The molecule has 0 radical (unpaired) electrons. The van der Waals surface area contributed by atoms with Gasteiger partial charge in [-0.25, -0.2) is 8.42 Å². The molecule has 0 saturated carbocycles. The fraction of sp³-hybridized carbons (Fsp3) is 0.136. The molecule has 166 valence electrons. The molecule has 0 fully saturated rings. The number of carbonyl (C=O) groups is 1. The number of sulfonamides is 1. The summed E-state index contributed by atoms with van der Waals surface area (Å²) >= 11 is 6.13. The van der Waals surface area contributed by atoms with Gasteiger partial charge in [-0.1, -0.05) is 35.9 Å². The van der Waals surface area contributed by atoms with Crippen LogP contribution in [0.4, 0.5) is 11.4 Å². The number of carbonyl (C=O) groups excluding carboxylic acids is 1. The smallest absolute Gasteiger partial charge is 0.269 e. The van der Waals surface area contributed by atoms with E-state index < -0.39 is 20.9 Å². The topological polar surface area (TPSA) is 101 Å². The van der Waals surface area contributed by atoms with Crippen molar-refractivity contribution in [2.45, 2.75) is 11.4 Å². The van der Waals surface area contributed by atoms with Crippen molar-refractivity contribution in [2.75, 3.05) is 18.4 Å². The number of nitro groups is 1. The van der Waals surface area contributed by atoms with Crippen LogP contribution in [0.5, 0.6) is 0 Å². The third-order valence-corrected chi connectivity index (χ3v) is 7.00. The third kappa shape index (κ3) is 4.90. The normalized spacial score (nSPS) is 11.1. The number of nitro benzene ring substituents is 1. The number of halogens is 1. The predicted octanol–water partition coefficient (Wildman–Crippen LogP) is 4.35. The maximum atomic E-state index is 13.0. The van der Waals surface area contributed by atoms with Gasteiger partial charge in [0.1, 0.15) is 0 Å². The summed E-state index contributed by atoms with van der Waals surface area (Å²) in [6.45, 7) is 0.0141. The first kappa shape index (κ1) is 23.2. The number of anilines is 1. The van der Waals surface area contributed by atoms with Crippen LogP contribution in [0.25, 0.3) is 0 Å². The summed E-state index contributed by atoms with van der Waals surface area (Å²) in [7, 11) is -0.939. The molecule has 0 aliphatic rings. The minimum atomic E-state index is -3.89. The van der Waals surface area contributed by atoms with Gasteiger partial charge in [0.25, 0.3) is 21.6 Å². The fourth-order valence-electron chi connectivity index (χ4n) is 3.07. The van der Waals surface area contributed by atoms with E-state index in [2.05, 4.69) is 0 Å². The van der Waals surface area contributed by atoms with Gasteiger partial charge in [0.15, 0.2) is 0 Å². The SMILES string of the molecule is CN(Cc1cc([N+](=O)[O-])ccc1Cl)C(=O)c1cccc(S(=O)(=O)N(C)c2ccccc2)c1. The molecule has 0 unspecified atom stereocenters. The molecule has 0 bridgehead atoms. The molecule has 0 aromatic heterocycles. The molecule has 1 amide bonds. The molecule has 3 aromatic carbocycles. The lowest BCUT2D eigenvalue weighted by molar-refractivity contribution is -0.384. The molecule has 32 heavy (non-hydrogen) atoms. The first-order chi connectivity index (χ1) is 15.1. The molecule has 0 aliphatic heterocycles. The molecular formula is C22H20ClN3O5S. The second kappa shape index (κ2) is 9.37. The summed E-state index contributed by atoms with van der Waals surface area (Å²) in [5, 5.41) is 11.3. The average Bonchev–Trinajstić information content (AvgIpc) is 2.79. The van der Waals surface area contributed by atoms with Crippen molar-refractivity contribution < 1.29 is 18.1 Å². The van der Waals surface area contributed by atoms with Gasteiger partial charge in [-0.05, 0) is 42.0 Å². The average molecular weight is 474 g/mol. The predicted molar refractivity (Wildman–Crippen MR) is 122 cm³/mol. The van der Waals surface area contributed by atoms with Crippen molar-refractivity contribution in [3.63, 3.8) is 0 Å². The molecule has 3 aromatic rings. The minimum Gasteiger partial charge on any atom is -0.337 e. The quantitative estimate of drug-likeness (QED) is 0.375. The molecular weight excluding hydrogens is 454 g/mol. The summed E-state index contributed by atoms with van der Waals surface area (Å²) in [5.41, 5.74) is 0.921. The Morgan fingerprint density at radius 1 is 1.00 bits per heavy atom. The monoisotopic (exact) mass is 473 g/mol. The van der Waals surface area contributed by atoms with Crippen molar-refractivity contribution in [1.29, 1.82) is 0 Å². The maximum absolute atomic E-state index is 13.0. The van der Waals surface area contributed by atoms with Crippen LogP contribution in [0.2, 0.25) is 5.02 Å². The van der Waals surface area contributed by atoms with E-state index in [1.807, 2.05) is 0 Å². The molecule has 10 heteroatoms. The molecule has 0 N–H and O–H groups in total. The van der Waals surface area contributed by atoms with E-state index in [4.69, 9.17) is 11.6 Å². The van der Waals surface area contributed by atoms with Crippen LogP contribution in [0, 0.1) is 10.1 Å². The van der Waals surface area contributed by atoms with Gasteiger partial charge < -0.3 is 4.90 Å². The number of hydrogen-bond acceptors (Lipinski definition) is 5. The summed E-state index contributed by atoms with van der Waals surface area (Å²) in [6.07, 6.45) is 0. The zero-order valence-corrected chi connectivity index (χ0v) is 18.9. The van der Waals surface area contributed by atoms with Crippen LogP contribution < -0.4 is 4.31 Å². The summed E-state index contributed by atoms with van der Waals surface area (Å²) in [6, 6.07) is 18.3. The fourth-order valence-corrected chi connectivity index (χ4v) is 4.49. The summed E-state index contributed by atoms with van der Waals surface area (Å²) in [4.78, 5) is 24.7. The largest absolute Gasteiger partial charge is 0.337 e. The Morgan fingerprint density at radius 2 is 1.69 bits per heavy atom. The Morgan fingerprint density at radius 3 is 2.34 bits per heavy atom. The van der Waals surface area contributed by atoms with Gasteiger partial charge in [0, 0.05) is 43.4 Å². The van der Waals surface area contributed by atoms with Crippen molar-refractivity contribution >= 4 is 38.9 Å². The highest BCUT2D eigenvalue weighted by molar-refractivity contribution is 7.92. The zero-order chi connectivity index (χ0) is 23.5. The van der Waals surface area contributed by atoms with Gasteiger partial charge >= 0.3 is 0 Å². The van der Waals surface area contributed by atoms with Gasteiger partial charge in [0.05, 0.1) is 15.5 Å². The number of para-hydroxylation sites is 1. The minimum absolute atomic E-state index is 0.0141. The van der Waals surface area contributed by atoms with Crippen molar-refractivity contribution in [2.24, 2.45) is 0 Å². The van der Waals surface area contributed by atoms with E-state index in [-0.39, 0.29) is 27.7 Å². The Kier molecular flexibility index (Phi) is 6.81. The number of non-ortho nitro benzene ring substituents is 1. The van der Waals surface area contributed by atoms with Gasteiger partial charge in [-0.2, -0.15) is 0 Å². The first-order valence-corrected chi connectivity index (χ1v) is 11.3. The van der Waals surface area contributed by atoms with Crippen molar-refractivity contribution in [3.8, 4) is 0 Å². The molecule has 0 saturated heterocycles.